The van der Waals surface area contributed by atoms with Gasteiger partial charge < -0.3 is 14.8 Å². The number of halogens is 2. The number of hydrogen-bond acceptors (Lipinski definition) is 4. The molecule has 0 radical (unpaired) electrons. The third-order valence-electron chi connectivity index (χ3n) is 3.08. The molecule has 0 atom stereocenters. The van der Waals surface area contributed by atoms with Gasteiger partial charge in [-0.2, -0.15) is 0 Å². The van der Waals surface area contributed by atoms with E-state index in [1.165, 1.54) is 12.1 Å². The molecule has 0 saturated heterocycles. The first-order valence-corrected chi connectivity index (χ1v) is 8.49. The first kappa shape index (κ1) is 19.3. The standard InChI is InChI=1S/C17H16BrFN2O3S/c1-23-8-9-24-15-7-6-11(18)10-12(15)16(22)21-17(25)20-14-5-3-2-4-13(14)19/h2-7,10H,8-9H2,1H3,(H2,20,21,22,25). The summed E-state index contributed by atoms with van der Waals surface area (Å²) < 4.78 is 24.8. The van der Waals surface area contributed by atoms with Crippen LogP contribution in [0.3, 0.4) is 0 Å². The Morgan fingerprint density at radius 3 is 2.72 bits per heavy atom. The number of methoxy groups -OCH3 is 1. The second-order valence-electron chi connectivity index (χ2n) is 4.87. The van der Waals surface area contributed by atoms with E-state index >= 15 is 0 Å². The van der Waals surface area contributed by atoms with Crippen LogP contribution in [0.1, 0.15) is 10.4 Å². The molecule has 1 amide bonds. The summed E-state index contributed by atoms with van der Waals surface area (Å²) in [5, 5.41) is 5.15. The van der Waals surface area contributed by atoms with E-state index < -0.39 is 11.7 Å². The molecule has 2 N–H and O–H groups in total. The molecule has 2 aromatic carbocycles. The monoisotopic (exact) mass is 426 g/mol. The van der Waals surface area contributed by atoms with Crippen molar-refractivity contribution in [2.75, 3.05) is 25.6 Å². The van der Waals surface area contributed by atoms with Crippen LogP contribution in [0, 0.1) is 5.82 Å². The molecule has 0 aliphatic heterocycles. The fourth-order valence-corrected chi connectivity index (χ4v) is 2.49. The Kier molecular flexibility index (Phi) is 7.30. The van der Waals surface area contributed by atoms with Gasteiger partial charge >= 0.3 is 0 Å². The average Bonchev–Trinajstić information content (AvgIpc) is 2.58. The van der Waals surface area contributed by atoms with Crippen molar-refractivity contribution in [1.82, 2.24) is 5.32 Å². The molecule has 0 saturated carbocycles. The quantitative estimate of drug-likeness (QED) is 0.544. The van der Waals surface area contributed by atoms with Crippen molar-refractivity contribution in [2.24, 2.45) is 0 Å². The van der Waals surface area contributed by atoms with Gasteiger partial charge in [-0.15, -0.1) is 0 Å². The van der Waals surface area contributed by atoms with E-state index in [2.05, 4.69) is 26.6 Å². The minimum atomic E-state index is -0.470. The second kappa shape index (κ2) is 9.45. The molecule has 5 nitrogen and oxygen atoms in total. The fraction of sp³-hybridized carbons (Fsp3) is 0.176. The normalized spacial score (nSPS) is 10.2. The Morgan fingerprint density at radius 1 is 1.24 bits per heavy atom. The zero-order valence-electron chi connectivity index (χ0n) is 13.3. The number of nitrogens with one attached hydrogen (secondary N) is 2. The third-order valence-corrected chi connectivity index (χ3v) is 3.78. The minimum Gasteiger partial charge on any atom is -0.490 e. The van der Waals surface area contributed by atoms with Crippen molar-refractivity contribution in [3.8, 4) is 5.75 Å². The van der Waals surface area contributed by atoms with Gasteiger partial charge in [-0.3, -0.25) is 10.1 Å². The van der Waals surface area contributed by atoms with Gasteiger partial charge in [-0.25, -0.2) is 4.39 Å². The van der Waals surface area contributed by atoms with Crippen molar-refractivity contribution in [2.45, 2.75) is 0 Å². The number of para-hydroxylation sites is 1. The van der Waals surface area contributed by atoms with E-state index in [0.29, 0.717) is 29.0 Å². The summed E-state index contributed by atoms with van der Waals surface area (Å²) in [4.78, 5) is 12.5. The molecular weight excluding hydrogens is 411 g/mol. The highest BCUT2D eigenvalue weighted by Crippen LogP contribution is 2.23. The Labute approximate surface area is 158 Å². The SMILES string of the molecule is COCCOc1ccc(Br)cc1C(=O)NC(=S)Nc1ccccc1F. The molecule has 0 heterocycles. The molecule has 8 heteroatoms. The van der Waals surface area contributed by atoms with Gasteiger partial charge in [-0.05, 0) is 42.5 Å². The summed E-state index contributed by atoms with van der Waals surface area (Å²) in [6.45, 7) is 0.695. The van der Waals surface area contributed by atoms with Crippen LogP contribution in [0.5, 0.6) is 5.75 Å². The van der Waals surface area contributed by atoms with Gasteiger partial charge in [0, 0.05) is 11.6 Å². The molecule has 0 aliphatic rings. The molecule has 25 heavy (non-hydrogen) atoms. The van der Waals surface area contributed by atoms with Crippen molar-refractivity contribution in [3.05, 3.63) is 58.3 Å². The Bertz CT molecular complexity index is 773. The summed E-state index contributed by atoms with van der Waals surface area (Å²) in [5.74, 6) is -0.542. The van der Waals surface area contributed by atoms with E-state index in [-0.39, 0.29) is 10.8 Å². The van der Waals surface area contributed by atoms with E-state index in [1.54, 1.807) is 37.4 Å². The van der Waals surface area contributed by atoms with Gasteiger partial charge in [0.25, 0.3) is 5.91 Å². The number of rotatable bonds is 6. The molecule has 0 unspecified atom stereocenters. The summed E-state index contributed by atoms with van der Waals surface area (Å²) in [7, 11) is 1.56. The smallest absolute Gasteiger partial charge is 0.261 e. The molecule has 0 aromatic heterocycles. The maximum Gasteiger partial charge on any atom is 0.261 e. The number of anilines is 1. The summed E-state index contributed by atoms with van der Waals surface area (Å²) >= 11 is 8.39. The van der Waals surface area contributed by atoms with Gasteiger partial charge in [0.1, 0.15) is 18.2 Å². The van der Waals surface area contributed by atoms with Crippen LogP contribution in [0.25, 0.3) is 0 Å². The van der Waals surface area contributed by atoms with Crippen LogP contribution in [0.15, 0.2) is 46.9 Å². The number of hydrogen-bond donors (Lipinski definition) is 2. The number of carbonyl (C=O) groups is 1. The predicted molar refractivity (Wildman–Crippen MR) is 102 cm³/mol. The van der Waals surface area contributed by atoms with Crippen LogP contribution in [0.2, 0.25) is 0 Å². The highest BCUT2D eigenvalue weighted by Gasteiger charge is 2.15. The fourth-order valence-electron chi connectivity index (χ4n) is 1.93. The molecular formula is C17H16BrFN2O3S. The summed E-state index contributed by atoms with van der Waals surface area (Å²) in [6, 6.07) is 11.1. The van der Waals surface area contributed by atoms with Gasteiger partial charge in [0.2, 0.25) is 0 Å². The number of thiocarbonyl (C=S) groups is 1. The lowest BCUT2D eigenvalue weighted by Gasteiger charge is -2.13. The largest absolute Gasteiger partial charge is 0.490 e. The second-order valence-corrected chi connectivity index (χ2v) is 6.19. The lowest BCUT2D eigenvalue weighted by molar-refractivity contribution is 0.0969. The molecule has 2 aromatic rings. The Hall–Kier alpha value is -2.03. The molecule has 0 spiro atoms. The Balaban J connectivity index is 2.07. The molecule has 0 fully saturated rings. The summed E-state index contributed by atoms with van der Waals surface area (Å²) in [6.07, 6.45) is 0. The molecule has 2 rings (SSSR count). The topological polar surface area (TPSA) is 59.6 Å². The van der Waals surface area contributed by atoms with Gasteiger partial charge in [0.15, 0.2) is 5.11 Å². The minimum absolute atomic E-state index is 0.0158. The van der Waals surface area contributed by atoms with Gasteiger partial charge in [0.05, 0.1) is 17.9 Å². The van der Waals surface area contributed by atoms with Crippen molar-refractivity contribution in [3.63, 3.8) is 0 Å². The average molecular weight is 427 g/mol. The van der Waals surface area contributed by atoms with Crippen LogP contribution in [0.4, 0.5) is 10.1 Å². The van der Waals surface area contributed by atoms with Crippen molar-refractivity contribution >= 4 is 44.9 Å². The van der Waals surface area contributed by atoms with Crippen LogP contribution >= 0.6 is 28.1 Å². The van der Waals surface area contributed by atoms with Crippen LogP contribution < -0.4 is 15.4 Å². The molecule has 0 bridgehead atoms. The lowest BCUT2D eigenvalue weighted by atomic mass is 10.2. The zero-order chi connectivity index (χ0) is 18.2. The number of amides is 1. The predicted octanol–water partition coefficient (Wildman–Crippen LogP) is 3.74. The lowest BCUT2D eigenvalue weighted by Crippen LogP contribution is -2.34. The first-order chi connectivity index (χ1) is 12.0. The van der Waals surface area contributed by atoms with Gasteiger partial charge in [-0.1, -0.05) is 28.1 Å². The Morgan fingerprint density at radius 2 is 2.00 bits per heavy atom. The van der Waals surface area contributed by atoms with Crippen LogP contribution in [-0.4, -0.2) is 31.3 Å². The van der Waals surface area contributed by atoms with Crippen LogP contribution in [-0.2, 0) is 4.74 Å². The van der Waals surface area contributed by atoms with E-state index in [0.717, 1.165) is 0 Å². The molecule has 132 valence electrons. The maximum atomic E-state index is 13.6. The maximum absolute atomic E-state index is 13.6. The van der Waals surface area contributed by atoms with E-state index in [1.807, 2.05) is 0 Å². The van der Waals surface area contributed by atoms with E-state index in [4.69, 9.17) is 21.7 Å². The highest BCUT2D eigenvalue weighted by molar-refractivity contribution is 9.10. The first-order valence-electron chi connectivity index (χ1n) is 7.29. The number of benzene rings is 2. The van der Waals surface area contributed by atoms with E-state index in [9.17, 15) is 9.18 Å². The summed E-state index contributed by atoms with van der Waals surface area (Å²) in [5.41, 5.74) is 0.474. The number of carbonyl (C=O) groups excluding carboxylic acids is 1. The highest BCUT2D eigenvalue weighted by atomic mass is 79.9. The number of ether oxygens (including phenoxy) is 2. The van der Waals surface area contributed by atoms with Crippen molar-refractivity contribution in [1.29, 1.82) is 0 Å². The molecule has 0 aliphatic carbocycles. The zero-order valence-corrected chi connectivity index (χ0v) is 15.7. The van der Waals surface area contributed by atoms with Crippen molar-refractivity contribution < 1.29 is 18.7 Å². The third kappa shape index (κ3) is 5.77.